The van der Waals surface area contributed by atoms with Crippen LogP contribution in [0.1, 0.15) is 19.3 Å². The van der Waals surface area contributed by atoms with Crippen molar-refractivity contribution in [3.8, 4) is 0 Å². The molecule has 1 aliphatic heterocycles. The van der Waals surface area contributed by atoms with Gasteiger partial charge in [0.1, 0.15) is 0 Å². The quantitative estimate of drug-likeness (QED) is 0.765. The van der Waals surface area contributed by atoms with Gasteiger partial charge in [-0.1, -0.05) is 0 Å². The monoisotopic (exact) mass is 303 g/mol. The third-order valence-electron chi connectivity index (χ3n) is 5.37. The topological polar surface area (TPSA) is 69.8 Å². The Hall–Kier alpha value is -0.360. The smallest absolute Gasteiger partial charge is 0.227 e. The molecule has 3 rings (SSSR count). The molecule has 4 unspecified atom stereocenters. The number of hydrogen-bond acceptors (Lipinski definition) is 4. The molecule has 0 aromatic heterocycles. The van der Waals surface area contributed by atoms with Gasteiger partial charge in [-0.25, -0.2) is 0 Å². The molecule has 5 nitrogen and oxygen atoms in total. The highest BCUT2D eigenvalue weighted by Gasteiger charge is 2.50. The highest BCUT2D eigenvalue weighted by atomic mass is 35.5. The van der Waals surface area contributed by atoms with Crippen LogP contribution < -0.4 is 5.73 Å². The maximum atomic E-state index is 12.6. The first-order chi connectivity index (χ1) is 9.20. The molecule has 2 aliphatic carbocycles. The number of β-amino-alcohol motifs (C(OH)–C–C–N with tert-alkyl or cyclic N) is 1. The van der Waals surface area contributed by atoms with E-state index in [1.165, 1.54) is 19.3 Å². The number of hydrogen-bond donors (Lipinski definition) is 2. The maximum absolute atomic E-state index is 12.6. The molecular formula is C14H26ClN3O2. The van der Waals surface area contributed by atoms with Gasteiger partial charge in [0, 0.05) is 38.8 Å². The molecule has 1 saturated heterocycles. The second-order valence-electron chi connectivity index (χ2n) is 6.33. The first-order valence-electron chi connectivity index (χ1n) is 7.58. The summed E-state index contributed by atoms with van der Waals surface area (Å²) in [5.74, 6) is 1.52. The summed E-state index contributed by atoms with van der Waals surface area (Å²) in [4.78, 5) is 16.9. The van der Waals surface area contributed by atoms with E-state index < -0.39 is 0 Å². The summed E-state index contributed by atoms with van der Waals surface area (Å²) in [7, 11) is 0. The molecule has 0 aromatic rings. The van der Waals surface area contributed by atoms with Gasteiger partial charge in [0.2, 0.25) is 5.91 Å². The van der Waals surface area contributed by atoms with Crippen LogP contribution in [0.15, 0.2) is 0 Å². The van der Waals surface area contributed by atoms with E-state index in [1.807, 2.05) is 4.90 Å². The van der Waals surface area contributed by atoms with Crippen LogP contribution in [0.4, 0.5) is 0 Å². The number of amides is 1. The van der Waals surface area contributed by atoms with Crippen molar-refractivity contribution in [2.45, 2.75) is 25.3 Å². The van der Waals surface area contributed by atoms with Crippen LogP contribution in [-0.2, 0) is 4.79 Å². The molecule has 1 amide bonds. The Labute approximate surface area is 126 Å². The van der Waals surface area contributed by atoms with E-state index in [0.717, 1.165) is 32.7 Å². The van der Waals surface area contributed by atoms with E-state index >= 15 is 0 Å². The Morgan fingerprint density at radius 1 is 1.15 bits per heavy atom. The second kappa shape index (κ2) is 6.60. The van der Waals surface area contributed by atoms with Gasteiger partial charge in [-0.2, -0.15) is 0 Å². The Balaban J connectivity index is 0.00000147. The van der Waals surface area contributed by atoms with Crippen molar-refractivity contribution >= 4 is 18.3 Å². The second-order valence-corrected chi connectivity index (χ2v) is 6.33. The van der Waals surface area contributed by atoms with Gasteiger partial charge < -0.3 is 15.7 Å². The standard InChI is InChI=1S/C14H25N3O2.ClH/c15-13-11-2-1-10(9-11)12(13)14(19)17-5-3-16(4-6-17)7-8-18;/h10-13,18H,1-9,15H2;1H. The predicted octanol–water partition coefficient (Wildman–Crippen LogP) is -0.0819. The van der Waals surface area contributed by atoms with Crippen LogP contribution in [0.2, 0.25) is 0 Å². The van der Waals surface area contributed by atoms with E-state index in [2.05, 4.69) is 4.90 Å². The zero-order valence-electron chi connectivity index (χ0n) is 11.9. The summed E-state index contributed by atoms with van der Waals surface area (Å²) in [6.07, 6.45) is 3.58. The minimum atomic E-state index is 0. The Morgan fingerprint density at radius 3 is 2.35 bits per heavy atom. The van der Waals surface area contributed by atoms with Crippen LogP contribution in [-0.4, -0.2) is 66.2 Å². The van der Waals surface area contributed by atoms with Gasteiger partial charge in [0.05, 0.1) is 12.5 Å². The molecule has 4 atom stereocenters. The lowest BCUT2D eigenvalue weighted by Crippen LogP contribution is -2.54. The van der Waals surface area contributed by atoms with Crippen LogP contribution in [0, 0.1) is 17.8 Å². The first kappa shape index (κ1) is 16.0. The lowest BCUT2D eigenvalue weighted by atomic mass is 9.84. The molecule has 0 spiro atoms. The molecule has 0 aromatic carbocycles. The summed E-state index contributed by atoms with van der Waals surface area (Å²) in [6, 6.07) is 0.0988. The van der Waals surface area contributed by atoms with Crippen LogP contribution >= 0.6 is 12.4 Å². The molecule has 3 aliphatic rings. The fraction of sp³-hybridized carbons (Fsp3) is 0.929. The van der Waals surface area contributed by atoms with Crippen molar-refractivity contribution in [1.29, 1.82) is 0 Å². The summed E-state index contributed by atoms with van der Waals surface area (Å²) < 4.78 is 0. The summed E-state index contributed by atoms with van der Waals surface area (Å²) >= 11 is 0. The minimum Gasteiger partial charge on any atom is -0.395 e. The number of fused-ring (bicyclic) bond motifs is 2. The van der Waals surface area contributed by atoms with E-state index in [0.29, 0.717) is 17.7 Å². The van der Waals surface area contributed by atoms with E-state index in [-0.39, 0.29) is 31.0 Å². The number of halogens is 1. The molecule has 116 valence electrons. The number of carbonyl (C=O) groups excluding carboxylic acids is 1. The van der Waals surface area contributed by atoms with Gasteiger partial charge in [0.25, 0.3) is 0 Å². The zero-order chi connectivity index (χ0) is 13.4. The van der Waals surface area contributed by atoms with Crippen molar-refractivity contribution in [2.24, 2.45) is 23.5 Å². The summed E-state index contributed by atoms with van der Waals surface area (Å²) in [6.45, 7) is 4.25. The number of nitrogens with two attached hydrogens (primary N) is 1. The normalized spacial score (nSPS) is 37.0. The van der Waals surface area contributed by atoms with Gasteiger partial charge in [-0.15, -0.1) is 12.4 Å². The molecule has 3 N–H and O–H groups in total. The highest BCUT2D eigenvalue weighted by molar-refractivity contribution is 5.85. The third-order valence-corrected chi connectivity index (χ3v) is 5.37. The molecule has 2 saturated carbocycles. The average molecular weight is 304 g/mol. The van der Waals surface area contributed by atoms with Crippen molar-refractivity contribution in [3.05, 3.63) is 0 Å². The highest BCUT2D eigenvalue weighted by Crippen LogP contribution is 2.48. The SMILES string of the molecule is Cl.NC1C2CCC(C2)C1C(=O)N1CCN(CCO)CC1. The Bertz CT molecular complexity index is 345. The van der Waals surface area contributed by atoms with Crippen molar-refractivity contribution < 1.29 is 9.90 Å². The van der Waals surface area contributed by atoms with Gasteiger partial charge in [-0.05, 0) is 31.1 Å². The minimum absolute atomic E-state index is 0. The molecule has 3 fully saturated rings. The third kappa shape index (κ3) is 2.82. The van der Waals surface area contributed by atoms with E-state index in [4.69, 9.17) is 10.8 Å². The predicted molar refractivity (Wildman–Crippen MR) is 79.7 cm³/mol. The van der Waals surface area contributed by atoms with Gasteiger partial charge in [-0.3, -0.25) is 9.69 Å². The maximum Gasteiger partial charge on any atom is 0.227 e. The van der Waals surface area contributed by atoms with Crippen LogP contribution in [0.3, 0.4) is 0 Å². The van der Waals surface area contributed by atoms with Crippen molar-refractivity contribution in [3.63, 3.8) is 0 Å². The first-order valence-corrected chi connectivity index (χ1v) is 7.58. The Morgan fingerprint density at radius 2 is 1.80 bits per heavy atom. The lowest BCUT2D eigenvalue weighted by molar-refractivity contribution is -0.139. The molecular weight excluding hydrogens is 278 g/mol. The molecule has 6 heteroatoms. The fourth-order valence-electron chi connectivity index (χ4n) is 4.25. The Kier molecular flexibility index (Phi) is 5.29. The van der Waals surface area contributed by atoms with Crippen molar-refractivity contribution in [1.82, 2.24) is 9.80 Å². The largest absolute Gasteiger partial charge is 0.395 e. The number of aliphatic hydroxyl groups is 1. The molecule has 1 heterocycles. The average Bonchev–Trinajstić information content (AvgIpc) is 3.00. The van der Waals surface area contributed by atoms with Gasteiger partial charge in [0.15, 0.2) is 0 Å². The molecule has 2 bridgehead atoms. The lowest BCUT2D eigenvalue weighted by Gasteiger charge is -2.38. The summed E-state index contributed by atoms with van der Waals surface area (Å²) in [5, 5.41) is 8.93. The van der Waals surface area contributed by atoms with Crippen LogP contribution in [0.25, 0.3) is 0 Å². The zero-order valence-corrected chi connectivity index (χ0v) is 12.7. The number of nitrogens with zero attached hydrogens (tertiary/aromatic N) is 2. The van der Waals surface area contributed by atoms with Crippen LogP contribution in [0.5, 0.6) is 0 Å². The van der Waals surface area contributed by atoms with Crippen molar-refractivity contribution in [2.75, 3.05) is 39.3 Å². The number of rotatable bonds is 3. The summed E-state index contributed by atoms with van der Waals surface area (Å²) in [5.41, 5.74) is 6.26. The number of carbonyl (C=O) groups is 1. The molecule has 20 heavy (non-hydrogen) atoms. The van der Waals surface area contributed by atoms with E-state index in [9.17, 15) is 4.79 Å². The number of piperazine rings is 1. The van der Waals surface area contributed by atoms with E-state index in [1.54, 1.807) is 0 Å². The number of aliphatic hydroxyl groups excluding tert-OH is 1. The fourth-order valence-corrected chi connectivity index (χ4v) is 4.25. The van der Waals surface area contributed by atoms with Gasteiger partial charge >= 0.3 is 0 Å². The molecule has 0 radical (unpaired) electrons.